The van der Waals surface area contributed by atoms with Crippen LogP contribution in [0.15, 0.2) is 0 Å². The van der Waals surface area contributed by atoms with Crippen molar-refractivity contribution in [1.29, 1.82) is 0 Å². The Bertz CT molecular complexity index is 259. The summed E-state index contributed by atoms with van der Waals surface area (Å²) in [7, 11) is -3.41. The SMILES string of the molecule is CCS(=O)(=O)NC(=O)CNC(C)C. The molecule has 0 aliphatic carbocycles. The summed E-state index contributed by atoms with van der Waals surface area (Å²) >= 11 is 0. The number of rotatable bonds is 5. The van der Waals surface area contributed by atoms with Crippen LogP contribution in [0.5, 0.6) is 0 Å². The summed E-state index contributed by atoms with van der Waals surface area (Å²) in [5.41, 5.74) is 0. The van der Waals surface area contributed by atoms with Crippen molar-refractivity contribution in [3.05, 3.63) is 0 Å². The number of carbonyl (C=O) groups is 1. The molecular weight excluding hydrogens is 192 g/mol. The Kier molecular flexibility index (Phi) is 4.94. The van der Waals surface area contributed by atoms with E-state index in [1.165, 1.54) is 6.92 Å². The Balaban J connectivity index is 3.89. The van der Waals surface area contributed by atoms with Gasteiger partial charge in [-0.1, -0.05) is 13.8 Å². The number of sulfonamides is 1. The third-order valence-corrected chi connectivity index (χ3v) is 2.62. The monoisotopic (exact) mass is 208 g/mol. The molecule has 13 heavy (non-hydrogen) atoms. The highest BCUT2D eigenvalue weighted by Gasteiger charge is 2.11. The van der Waals surface area contributed by atoms with Crippen molar-refractivity contribution >= 4 is 15.9 Å². The summed E-state index contributed by atoms with van der Waals surface area (Å²) in [6.45, 7) is 5.26. The molecule has 0 aromatic rings. The van der Waals surface area contributed by atoms with Crippen LogP contribution in [-0.2, 0) is 14.8 Å². The molecule has 0 aromatic heterocycles. The summed E-state index contributed by atoms with van der Waals surface area (Å²) < 4.78 is 23.7. The number of carbonyl (C=O) groups excluding carboxylic acids is 1. The first kappa shape index (κ1) is 12.4. The topological polar surface area (TPSA) is 75.3 Å². The van der Waals surface area contributed by atoms with E-state index in [1.807, 2.05) is 18.6 Å². The minimum atomic E-state index is -3.41. The predicted molar refractivity (Wildman–Crippen MR) is 50.7 cm³/mol. The van der Waals surface area contributed by atoms with Crippen molar-refractivity contribution in [2.24, 2.45) is 0 Å². The lowest BCUT2D eigenvalue weighted by Crippen LogP contribution is -2.40. The lowest BCUT2D eigenvalue weighted by molar-refractivity contribution is -0.118. The lowest BCUT2D eigenvalue weighted by Gasteiger charge is -2.08. The summed E-state index contributed by atoms with van der Waals surface area (Å²) in [4.78, 5) is 11.0. The van der Waals surface area contributed by atoms with E-state index in [1.54, 1.807) is 0 Å². The summed E-state index contributed by atoms with van der Waals surface area (Å²) in [5, 5.41) is 2.82. The first-order valence-corrected chi connectivity index (χ1v) is 5.79. The van der Waals surface area contributed by atoms with Crippen molar-refractivity contribution in [3.63, 3.8) is 0 Å². The molecule has 78 valence electrons. The summed E-state index contributed by atoms with van der Waals surface area (Å²) in [5.74, 6) is -0.601. The Morgan fingerprint density at radius 3 is 2.31 bits per heavy atom. The molecule has 0 bridgehead atoms. The van der Waals surface area contributed by atoms with Gasteiger partial charge < -0.3 is 5.32 Å². The minimum absolute atomic E-state index is 0.0247. The molecule has 0 rings (SSSR count). The fourth-order valence-corrected chi connectivity index (χ4v) is 1.14. The van der Waals surface area contributed by atoms with Crippen LogP contribution >= 0.6 is 0 Å². The molecule has 0 saturated heterocycles. The maximum absolute atomic E-state index is 11.0. The Labute approximate surface area is 79.0 Å². The van der Waals surface area contributed by atoms with Gasteiger partial charge in [-0.2, -0.15) is 0 Å². The molecule has 0 radical (unpaired) electrons. The molecular formula is C7H16N2O3S. The predicted octanol–water partition coefficient (Wildman–Crippen LogP) is -0.550. The molecule has 0 atom stereocenters. The zero-order chi connectivity index (χ0) is 10.5. The van der Waals surface area contributed by atoms with Crippen molar-refractivity contribution in [1.82, 2.24) is 10.0 Å². The molecule has 0 aliphatic rings. The highest BCUT2D eigenvalue weighted by molar-refractivity contribution is 7.90. The van der Waals surface area contributed by atoms with Gasteiger partial charge in [0.25, 0.3) is 0 Å². The van der Waals surface area contributed by atoms with Crippen LogP contribution in [0.4, 0.5) is 0 Å². The van der Waals surface area contributed by atoms with Gasteiger partial charge in [0.2, 0.25) is 15.9 Å². The second kappa shape index (κ2) is 5.18. The minimum Gasteiger partial charge on any atom is -0.306 e. The molecule has 0 unspecified atom stereocenters. The molecule has 0 spiro atoms. The van der Waals surface area contributed by atoms with Crippen molar-refractivity contribution in [3.8, 4) is 0 Å². The Hall–Kier alpha value is -0.620. The van der Waals surface area contributed by atoms with E-state index in [0.29, 0.717) is 0 Å². The van der Waals surface area contributed by atoms with Gasteiger partial charge in [-0.25, -0.2) is 8.42 Å². The van der Waals surface area contributed by atoms with Gasteiger partial charge in [-0.3, -0.25) is 9.52 Å². The summed E-state index contributed by atoms with van der Waals surface area (Å²) in [6, 6.07) is 0.162. The van der Waals surface area contributed by atoms with E-state index in [2.05, 4.69) is 5.32 Å². The van der Waals surface area contributed by atoms with Crippen molar-refractivity contribution in [2.75, 3.05) is 12.3 Å². The maximum atomic E-state index is 11.0. The number of hydrogen-bond donors (Lipinski definition) is 2. The van der Waals surface area contributed by atoms with Gasteiger partial charge in [0.05, 0.1) is 12.3 Å². The van der Waals surface area contributed by atoms with Crippen LogP contribution in [0.2, 0.25) is 0 Å². The van der Waals surface area contributed by atoms with Crippen LogP contribution in [-0.4, -0.2) is 32.7 Å². The quantitative estimate of drug-likeness (QED) is 0.635. The average Bonchev–Trinajstić information content (AvgIpc) is 2.00. The van der Waals surface area contributed by atoms with Gasteiger partial charge in [0.1, 0.15) is 0 Å². The van der Waals surface area contributed by atoms with Gasteiger partial charge in [-0.15, -0.1) is 0 Å². The Morgan fingerprint density at radius 2 is 1.92 bits per heavy atom. The van der Waals surface area contributed by atoms with Crippen LogP contribution in [0.1, 0.15) is 20.8 Å². The Morgan fingerprint density at radius 1 is 1.38 bits per heavy atom. The van der Waals surface area contributed by atoms with Gasteiger partial charge in [0, 0.05) is 6.04 Å². The van der Waals surface area contributed by atoms with E-state index in [0.717, 1.165) is 0 Å². The normalized spacial score (nSPS) is 11.7. The first-order valence-electron chi connectivity index (χ1n) is 4.14. The fourth-order valence-electron chi connectivity index (χ4n) is 0.579. The molecule has 0 fully saturated rings. The average molecular weight is 208 g/mol. The van der Waals surface area contributed by atoms with Crippen LogP contribution < -0.4 is 10.0 Å². The zero-order valence-electron chi connectivity index (χ0n) is 8.12. The standard InChI is InChI=1S/C7H16N2O3S/c1-4-13(11,12)9-7(10)5-8-6(2)3/h6,8H,4-5H2,1-3H3,(H,9,10). The molecule has 0 saturated carbocycles. The molecule has 6 heteroatoms. The molecule has 2 N–H and O–H groups in total. The van der Waals surface area contributed by atoms with Crippen molar-refractivity contribution < 1.29 is 13.2 Å². The van der Waals surface area contributed by atoms with Crippen LogP contribution in [0, 0.1) is 0 Å². The maximum Gasteiger partial charge on any atom is 0.247 e. The van der Waals surface area contributed by atoms with Gasteiger partial charge in [0.15, 0.2) is 0 Å². The largest absolute Gasteiger partial charge is 0.306 e. The van der Waals surface area contributed by atoms with E-state index < -0.39 is 15.9 Å². The van der Waals surface area contributed by atoms with Crippen molar-refractivity contribution in [2.45, 2.75) is 26.8 Å². The van der Waals surface area contributed by atoms with Crippen LogP contribution in [0.25, 0.3) is 0 Å². The van der Waals surface area contributed by atoms with E-state index >= 15 is 0 Å². The molecule has 1 amide bonds. The molecule has 0 heterocycles. The number of amides is 1. The molecule has 5 nitrogen and oxygen atoms in total. The number of hydrogen-bond acceptors (Lipinski definition) is 4. The second-order valence-electron chi connectivity index (χ2n) is 2.96. The molecule has 0 aliphatic heterocycles. The second-order valence-corrected chi connectivity index (χ2v) is 4.98. The zero-order valence-corrected chi connectivity index (χ0v) is 8.94. The first-order chi connectivity index (χ1) is 5.87. The highest BCUT2D eigenvalue weighted by atomic mass is 32.2. The number of nitrogens with one attached hydrogen (secondary N) is 2. The fraction of sp³-hybridized carbons (Fsp3) is 0.857. The van der Waals surface area contributed by atoms with Crippen LogP contribution in [0.3, 0.4) is 0 Å². The highest BCUT2D eigenvalue weighted by Crippen LogP contribution is 1.82. The van der Waals surface area contributed by atoms with E-state index in [9.17, 15) is 13.2 Å². The molecule has 0 aromatic carbocycles. The van der Waals surface area contributed by atoms with Gasteiger partial charge in [-0.05, 0) is 6.92 Å². The smallest absolute Gasteiger partial charge is 0.247 e. The third-order valence-electron chi connectivity index (χ3n) is 1.32. The van der Waals surface area contributed by atoms with E-state index in [-0.39, 0.29) is 18.3 Å². The van der Waals surface area contributed by atoms with Gasteiger partial charge >= 0.3 is 0 Å². The summed E-state index contributed by atoms with van der Waals surface area (Å²) in [6.07, 6.45) is 0. The third kappa shape index (κ3) is 6.53. The lowest BCUT2D eigenvalue weighted by atomic mass is 10.4. The van der Waals surface area contributed by atoms with E-state index in [4.69, 9.17) is 0 Å².